The maximum Gasteiger partial charge on any atom is 0.402 e. The quantitative estimate of drug-likeness (QED) is 0.414. The van der Waals surface area contributed by atoms with Gasteiger partial charge in [0.1, 0.15) is 12.4 Å². The van der Waals surface area contributed by atoms with Crippen LogP contribution in [0.4, 0.5) is 17.6 Å². The Morgan fingerprint density at radius 2 is 1.69 bits per heavy atom. The molecule has 0 aliphatic rings. The first-order valence-corrected chi connectivity index (χ1v) is 12.4. The highest BCUT2D eigenvalue weighted by Crippen LogP contribution is 2.30. The minimum atomic E-state index is -4.66. The third kappa shape index (κ3) is 7.12. The predicted molar refractivity (Wildman–Crippen MR) is 126 cm³/mol. The monoisotopic (exact) mass is 512 g/mol. The normalized spacial score (nSPS) is 12.8. The SMILES string of the molecule is Cc1c(CCc2ccc(F)cc2)nn(C)c1-c1cccc(C(C)(C)NS(=O)(=O)NCC(F)(F)F)c1. The number of aryl methyl sites for hydroxylation is 3. The molecule has 6 nitrogen and oxygen atoms in total. The van der Waals surface area contributed by atoms with Crippen molar-refractivity contribution in [3.8, 4) is 11.3 Å². The standard InChI is InChI=1S/C24H28F4N4O2S/c1-16-21(13-10-17-8-11-20(25)12-9-17)30-32(4)22(16)18-6-5-7-19(14-18)23(2,3)31-35(33,34)29-15-24(26,27)28/h5-9,11-12,14,29,31H,10,13,15H2,1-4H3. The first-order chi connectivity index (χ1) is 16.2. The van der Waals surface area contributed by atoms with Gasteiger partial charge in [0.2, 0.25) is 0 Å². The summed E-state index contributed by atoms with van der Waals surface area (Å²) in [6.07, 6.45) is -3.32. The zero-order valence-electron chi connectivity index (χ0n) is 19.9. The average molecular weight is 513 g/mol. The van der Waals surface area contributed by atoms with Crippen LogP contribution in [0.1, 0.15) is 36.2 Å². The van der Waals surface area contributed by atoms with E-state index >= 15 is 0 Å². The highest BCUT2D eigenvalue weighted by molar-refractivity contribution is 7.87. The van der Waals surface area contributed by atoms with Crippen LogP contribution in [-0.4, -0.2) is 30.9 Å². The van der Waals surface area contributed by atoms with Gasteiger partial charge in [0.05, 0.1) is 16.9 Å². The Hall–Kier alpha value is -2.76. The van der Waals surface area contributed by atoms with Crippen molar-refractivity contribution in [3.63, 3.8) is 0 Å². The first kappa shape index (κ1) is 26.8. The summed E-state index contributed by atoms with van der Waals surface area (Å²) in [7, 11) is -2.60. The van der Waals surface area contributed by atoms with Gasteiger partial charge in [-0.1, -0.05) is 30.3 Å². The van der Waals surface area contributed by atoms with Crippen molar-refractivity contribution >= 4 is 10.2 Å². The van der Waals surface area contributed by atoms with Crippen LogP contribution in [0.2, 0.25) is 0 Å². The van der Waals surface area contributed by atoms with Gasteiger partial charge >= 0.3 is 6.18 Å². The Balaban J connectivity index is 1.82. The number of hydrogen-bond acceptors (Lipinski definition) is 3. The van der Waals surface area contributed by atoms with Crippen LogP contribution in [0.15, 0.2) is 48.5 Å². The summed E-state index contributed by atoms with van der Waals surface area (Å²) < 4.78 is 80.4. The van der Waals surface area contributed by atoms with E-state index in [0.29, 0.717) is 18.4 Å². The average Bonchev–Trinajstić information content (AvgIpc) is 3.04. The molecule has 0 aliphatic heterocycles. The van der Waals surface area contributed by atoms with Crippen molar-refractivity contribution in [1.29, 1.82) is 0 Å². The van der Waals surface area contributed by atoms with Crippen molar-refractivity contribution in [2.24, 2.45) is 7.05 Å². The number of nitrogens with zero attached hydrogens (tertiary/aromatic N) is 2. The number of benzene rings is 2. The number of nitrogens with one attached hydrogen (secondary N) is 2. The molecule has 0 aliphatic carbocycles. The van der Waals surface area contributed by atoms with Crippen molar-refractivity contribution in [3.05, 3.63) is 76.7 Å². The molecule has 35 heavy (non-hydrogen) atoms. The van der Waals surface area contributed by atoms with Crippen molar-refractivity contribution < 1.29 is 26.0 Å². The lowest BCUT2D eigenvalue weighted by Crippen LogP contribution is -2.48. The van der Waals surface area contributed by atoms with E-state index in [0.717, 1.165) is 28.1 Å². The van der Waals surface area contributed by atoms with Crippen molar-refractivity contribution in [1.82, 2.24) is 19.2 Å². The van der Waals surface area contributed by atoms with Gasteiger partial charge in [0, 0.05) is 12.6 Å². The molecule has 2 N–H and O–H groups in total. The fraction of sp³-hybridized carbons (Fsp3) is 0.375. The van der Waals surface area contributed by atoms with Gasteiger partial charge in [-0.25, -0.2) is 4.39 Å². The minimum Gasteiger partial charge on any atom is -0.267 e. The molecule has 0 spiro atoms. The Morgan fingerprint density at radius 3 is 2.31 bits per heavy atom. The molecule has 0 bridgehead atoms. The molecule has 0 unspecified atom stereocenters. The third-order valence-corrected chi connectivity index (χ3v) is 6.96. The third-order valence-electron chi connectivity index (χ3n) is 5.66. The Kier molecular flexibility index (Phi) is 7.73. The summed E-state index contributed by atoms with van der Waals surface area (Å²) in [5.74, 6) is -0.286. The highest BCUT2D eigenvalue weighted by atomic mass is 32.2. The van der Waals surface area contributed by atoms with Crippen LogP contribution < -0.4 is 9.44 Å². The largest absolute Gasteiger partial charge is 0.402 e. The predicted octanol–water partition coefficient (Wildman–Crippen LogP) is 4.54. The van der Waals surface area contributed by atoms with E-state index < -0.39 is 28.5 Å². The summed E-state index contributed by atoms with van der Waals surface area (Å²) in [5, 5.41) is 4.63. The van der Waals surface area contributed by atoms with Crippen LogP contribution in [0, 0.1) is 12.7 Å². The lowest BCUT2D eigenvalue weighted by Gasteiger charge is -2.27. The number of hydrogen-bond donors (Lipinski definition) is 2. The van der Waals surface area contributed by atoms with Gasteiger partial charge < -0.3 is 0 Å². The van der Waals surface area contributed by atoms with Gasteiger partial charge in [-0.15, -0.1) is 0 Å². The van der Waals surface area contributed by atoms with Crippen LogP contribution >= 0.6 is 0 Å². The molecule has 0 radical (unpaired) electrons. The molecule has 190 valence electrons. The zero-order valence-corrected chi connectivity index (χ0v) is 20.7. The second kappa shape index (κ2) is 10.1. The van der Waals surface area contributed by atoms with Gasteiger partial charge in [-0.05, 0) is 68.5 Å². The topological polar surface area (TPSA) is 76.0 Å². The highest BCUT2D eigenvalue weighted by Gasteiger charge is 2.32. The number of rotatable bonds is 9. The second-order valence-electron chi connectivity index (χ2n) is 8.92. The summed E-state index contributed by atoms with van der Waals surface area (Å²) in [6, 6.07) is 13.4. The van der Waals surface area contributed by atoms with Gasteiger partial charge in [0.15, 0.2) is 0 Å². The maximum absolute atomic E-state index is 13.1. The van der Waals surface area contributed by atoms with Crippen LogP contribution in [0.25, 0.3) is 11.3 Å². The molecule has 3 rings (SSSR count). The molecular weight excluding hydrogens is 484 g/mol. The molecule has 0 saturated carbocycles. The summed E-state index contributed by atoms with van der Waals surface area (Å²) in [4.78, 5) is 0. The van der Waals surface area contributed by atoms with Crippen molar-refractivity contribution in [2.45, 2.75) is 45.3 Å². The smallest absolute Gasteiger partial charge is 0.267 e. The fourth-order valence-electron chi connectivity index (χ4n) is 3.90. The van der Waals surface area contributed by atoms with E-state index in [1.165, 1.54) is 16.9 Å². The number of alkyl halides is 3. The molecule has 0 atom stereocenters. The van der Waals surface area contributed by atoms with E-state index in [1.807, 2.05) is 20.0 Å². The Bertz CT molecular complexity index is 1280. The molecule has 0 saturated heterocycles. The molecule has 0 fully saturated rings. The molecule has 11 heteroatoms. The maximum atomic E-state index is 13.1. The van der Waals surface area contributed by atoms with E-state index in [9.17, 15) is 26.0 Å². The van der Waals surface area contributed by atoms with Crippen LogP contribution in [0.3, 0.4) is 0 Å². The molecule has 2 aromatic carbocycles. The van der Waals surface area contributed by atoms with Crippen LogP contribution in [0.5, 0.6) is 0 Å². The fourth-order valence-corrected chi connectivity index (χ4v) is 5.12. The van der Waals surface area contributed by atoms with Gasteiger partial charge in [-0.2, -0.15) is 36.1 Å². The molecule has 1 aromatic heterocycles. The zero-order chi connectivity index (χ0) is 26.0. The molecule has 0 amide bonds. The van der Waals surface area contributed by atoms with Crippen molar-refractivity contribution in [2.75, 3.05) is 6.54 Å². The lowest BCUT2D eigenvalue weighted by atomic mass is 9.92. The summed E-state index contributed by atoms with van der Waals surface area (Å²) >= 11 is 0. The van der Waals surface area contributed by atoms with Gasteiger partial charge in [-0.3, -0.25) is 4.68 Å². The van der Waals surface area contributed by atoms with E-state index in [2.05, 4.69) is 9.82 Å². The van der Waals surface area contributed by atoms with E-state index in [-0.39, 0.29) is 5.82 Å². The van der Waals surface area contributed by atoms with Gasteiger partial charge in [0.25, 0.3) is 10.2 Å². The molecule has 3 aromatic rings. The molecule has 1 heterocycles. The van der Waals surface area contributed by atoms with E-state index in [4.69, 9.17) is 0 Å². The summed E-state index contributed by atoms with van der Waals surface area (Å²) in [5.41, 5.74) is 3.85. The first-order valence-electron chi connectivity index (χ1n) is 10.9. The number of halogens is 4. The van der Waals surface area contributed by atoms with Crippen LogP contribution in [-0.2, 0) is 35.6 Å². The van der Waals surface area contributed by atoms with E-state index in [1.54, 1.807) is 48.9 Å². The Morgan fingerprint density at radius 1 is 1.03 bits per heavy atom. The lowest BCUT2D eigenvalue weighted by molar-refractivity contribution is -0.121. The molecular formula is C24H28F4N4O2S. The number of aromatic nitrogens is 2. The Labute approximate surface area is 202 Å². The second-order valence-corrected chi connectivity index (χ2v) is 10.4. The summed E-state index contributed by atoms with van der Waals surface area (Å²) in [6.45, 7) is 3.43. The minimum absolute atomic E-state index is 0.286.